The predicted octanol–water partition coefficient (Wildman–Crippen LogP) is 6.77. The second kappa shape index (κ2) is 15.4. The highest BCUT2D eigenvalue weighted by molar-refractivity contribution is 9.10. The smallest absolute Gasteiger partial charge is 0.264 e. The van der Waals surface area contributed by atoms with Crippen molar-refractivity contribution in [1.82, 2.24) is 10.2 Å². The van der Waals surface area contributed by atoms with Gasteiger partial charge in [0.05, 0.1) is 10.6 Å². The summed E-state index contributed by atoms with van der Waals surface area (Å²) in [5.74, 6) is -0.832. The SMILES string of the molecule is CCCNC(=O)[C@H](Cc1ccccc1)N(Cc1cccc(Br)c1)C(=O)CN(c1ccc(Cl)cc1)S(=O)(=O)c1ccc(C)cc1. The van der Waals surface area contributed by atoms with Crippen molar-refractivity contribution in [2.45, 2.75) is 44.2 Å². The summed E-state index contributed by atoms with van der Waals surface area (Å²) in [4.78, 5) is 29.6. The number of carbonyl (C=O) groups is 2. The predicted molar refractivity (Wildman–Crippen MR) is 179 cm³/mol. The number of amides is 2. The number of rotatable bonds is 13. The Morgan fingerprint density at radius 1 is 0.886 bits per heavy atom. The Morgan fingerprint density at radius 3 is 2.18 bits per heavy atom. The first kappa shape index (κ1) is 33.2. The molecule has 0 aliphatic rings. The minimum atomic E-state index is -4.18. The Hall–Kier alpha value is -3.66. The third kappa shape index (κ3) is 8.71. The molecule has 2 amide bonds. The minimum Gasteiger partial charge on any atom is -0.354 e. The molecule has 0 aliphatic heterocycles. The summed E-state index contributed by atoms with van der Waals surface area (Å²) in [7, 11) is -4.18. The molecule has 230 valence electrons. The van der Waals surface area contributed by atoms with Crippen molar-refractivity contribution < 1.29 is 18.0 Å². The molecule has 0 radical (unpaired) electrons. The summed E-state index contributed by atoms with van der Waals surface area (Å²) < 4.78 is 30.0. The summed E-state index contributed by atoms with van der Waals surface area (Å²) in [6.45, 7) is 3.83. The Balaban J connectivity index is 1.79. The number of hydrogen-bond donors (Lipinski definition) is 1. The third-order valence-electron chi connectivity index (χ3n) is 7.06. The Morgan fingerprint density at radius 2 is 1.55 bits per heavy atom. The number of nitrogens with zero attached hydrogens (tertiary/aromatic N) is 2. The van der Waals surface area contributed by atoms with Crippen LogP contribution < -0.4 is 9.62 Å². The van der Waals surface area contributed by atoms with Crippen molar-refractivity contribution in [3.05, 3.63) is 129 Å². The summed E-state index contributed by atoms with van der Waals surface area (Å²) in [5, 5.41) is 3.38. The summed E-state index contributed by atoms with van der Waals surface area (Å²) >= 11 is 9.62. The summed E-state index contributed by atoms with van der Waals surface area (Å²) in [5.41, 5.74) is 2.84. The van der Waals surface area contributed by atoms with Crippen LogP contribution in [0.25, 0.3) is 0 Å². The number of hydrogen-bond acceptors (Lipinski definition) is 4. The van der Waals surface area contributed by atoms with Crippen LogP contribution >= 0.6 is 27.5 Å². The van der Waals surface area contributed by atoms with Gasteiger partial charge in [0, 0.05) is 29.0 Å². The fourth-order valence-corrected chi connectivity index (χ4v) is 6.71. The first-order valence-corrected chi connectivity index (χ1v) is 16.9. The van der Waals surface area contributed by atoms with Gasteiger partial charge in [-0.1, -0.05) is 94.6 Å². The molecule has 0 spiro atoms. The maximum absolute atomic E-state index is 14.4. The molecule has 7 nitrogen and oxygen atoms in total. The second-order valence-corrected chi connectivity index (χ2v) is 13.7. The van der Waals surface area contributed by atoms with Crippen molar-refractivity contribution in [2.75, 3.05) is 17.4 Å². The largest absolute Gasteiger partial charge is 0.354 e. The van der Waals surface area contributed by atoms with Crippen LogP contribution in [0, 0.1) is 6.92 Å². The van der Waals surface area contributed by atoms with Crippen LogP contribution in [0.1, 0.15) is 30.0 Å². The van der Waals surface area contributed by atoms with Crippen LogP contribution in [0.15, 0.2) is 112 Å². The zero-order valence-electron chi connectivity index (χ0n) is 24.6. The number of halogens is 2. The number of aryl methyl sites for hydroxylation is 1. The van der Waals surface area contributed by atoms with E-state index in [1.807, 2.05) is 68.4 Å². The van der Waals surface area contributed by atoms with Gasteiger partial charge >= 0.3 is 0 Å². The van der Waals surface area contributed by atoms with Gasteiger partial charge in [0.25, 0.3) is 10.0 Å². The third-order valence-corrected chi connectivity index (χ3v) is 9.60. The summed E-state index contributed by atoms with van der Waals surface area (Å²) in [6.07, 6.45) is 0.976. The van der Waals surface area contributed by atoms with Crippen molar-refractivity contribution in [2.24, 2.45) is 0 Å². The lowest BCUT2D eigenvalue weighted by atomic mass is 10.0. The molecule has 1 N–H and O–H groups in total. The molecule has 44 heavy (non-hydrogen) atoms. The van der Waals surface area contributed by atoms with Gasteiger partial charge in [-0.3, -0.25) is 13.9 Å². The second-order valence-electron chi connectivity index (χ2n) is 10.4. The fraction of sp³-hybridized carbons (Fsp3) is 0.235. The van der Waals surface area contributed by atoms with Crippen LogP contribution in [0.4, 0.5) is 5.69 Å². The first-order chi connectivity index (χ1) is 21.1. The topological polar surface area (TPSA) is 86.8 Å². The number of carbonyl (C=O) groups excluding carboxylic acids is 2. The molecule has 4 rings (SSSR count). The van der Waals surface area contributed by atoms with Gasteiger partial charge in [-0.15, -0.1) is 0 Å². The molecular formula is C34H35BrClN3O4S. The maximum atomic E-state index is 14.4. The van der Waals surface area contributed by atoms with Crippen molar-refractivity contribution in [3.63, 3.8) is 0 Å². The molecular weight excluding hydrogens is 662 g/mol. The molecule has 0 saturated heterocycles. The lowest BCUT2D eigenvalue weighted by Crippen LogP contribution is -2.53. The molecule has 0 aromatic heterocycles. The molecule has 10 heteroatoms. The molecule has 0 heterocycles. The van der Waals surface area contributed by atoms with E-state index in [9.17, 15) is 18.0 Å². The van der Waals surface area contributed by atoms with E-state index in [1.165, 1.54) is 17.0 Å². The monoisotopic (exact) mass is 695 g/mol. The molecule has 0 bridgehead atoms. The van der Waals surface area contributed by atoms with Gasteiger partial charge in [-0.2, -0.15) is 0 Å². The number of anilines is 1. The molecule has 0 unspecified atom stereocenters. The summed E-state index contributed by atoms with van der Waals surface area (Å²) in [6, 6.07) is 28.8. The Labute approximate surface area is 273 Å². The standard InChI is InChI=1S/C34H35BrClN3O4S/c1-3-20-37-34(41)32(22-26-8-5-4-6-9-26)38(23-27-10-7-11-28(35)21-27)33(40)24-39(30-16-14-29(36)15-17-30)44(42,43)31-18-12-25(2)13-19-31/h4-19,21,32H,3,20,22-24H2,1-2H3,(H,37,41)/t32-/m0/s1. The van der Waals surface area contributed by atoms with E-state index in [-0.39, 0.29) is 29.5 Å². The zero-order valence-corrected chi connectivity index (χ0v) is 27.8. The highest BCUT2D eigenvalue weighted by Gasteiger charge is 2.34. The van der Waals surface area contributed by atoms with Crippen LogP contribution in [0.5, 0.6) is 0 Å². The molecule has 0 saturated carbocycles. The lowest BCUT2D eigenvalue weighted by molar-refractivity contribution is -0.140. The van der Waals surface area contributed by atoms with Crippen LogP contribution in [0.3, 0.4) is 0 Å². The number of sulfonamides is 1. The Kier molecular flexibility index (Phi) is 11.6. The van der Waals surface area contributed by atoms with Gasteiger partial charge in [-0.05, 0) is 73.0 Å². The van der Waals surface area contributed by atoms with Crippen LogP contribution in [-0.2, 0) is 32.6 Å². The zero-order chi connectivity index (χ0) is 31.7. The van der Waals surface area contributed by atoms with E-state index >= 15 is 0 Å². The maximum Gasteiger partial charge on any atom is 0.264 e. The van der Waals surface area contributed by atoms with Gasteiger partial charge in [0.1, 0.15) is 12.6 Å². The van der Waals surface area contributed by atoms with Crippen LogP contribution in [0.2, 0.25) is 5.02 Å². The van der Waals surface area contributed by atoms with Crippen molar-refractivity contribution in [1.29, 1.82) is 0 Å². The van der Waals surface area contributed by atoms with Gasteiger partial charge in [-0.25, -0.2) is 8.42 Å². The first-order valence-electron chi connectivity index (χ1n) is 14.3. The number of nitrogens with one attached hydrogen (secondary N) is 1. The van der Waals surface area contributed by atoms with E-state index < -0.39 is 28.5 Å². The Bertz CT molecular complexity index is 1670. The molecule has 1 atom stereocenters. The normalized spacial score (nSPS) is 11.9. The average Bonchev–Trinajstić information content (AvgIpc) is 3.01. The van der Waals surface area contributed by atoms with Gasteiger partial charge in [0.15, 0.2) is 0 Å². The van der Waals surface area contributed by atoms with Crippen molar-refractivity contribution in [3.8, 4) is 0 Å². The van der Waals surface area contributed by atoms with Gasteiger partial charge < -0.3 is 10.2 Å². The minimum absolute atomic E-state index is 0.0471. The number of benzene rings is 4. The molecule has 0 fully saturated rings. The van der Waals surface area contributed by atoms with E-state index in [2.05, 4.69) is 21.2 Å². The van der Waals surface area contributed by atoms with Crippen LogP contribution in [-0.4, -0.2) is 44.3 Å². The fourth-order valence-electron chi connectivity index (χ4n) is 4.73. The van der Waals surface area contributed by atoms with Crippen molar-refractivity contribution >= 4 is 55.1 Å². The van der Waals surface area contributed by atoms with E-state index in [0.29, 0.717) is 11.6 Å². The lowest BCUT2D eigenvalue weighted by Gasteiger charge is -2.34. The molecule has 4 aromatic rings. The molecule has 4 aromatic carbocycles. The average molecular weight is 697 g/mol. The van der Waals surface area contributed by atoms with E-state index in [0.717, 1.165) is 31.9 Å². The van der Waals surface area contributed by atoms with E-state index in [1.54, 1.807) is 36.4 Å². The van der Waals surface area contributed by atoms with E-state index in [4.69, 9.17) is 11.6 Å². The van der Waals surface area contributed by atoms with Gasteiger partial charge in [0.2, 0.25) is 11.8 Å². The highest BCUT2D eigenvalue weighted by Crippen LogP contribution is 2.27. The highest BCUT2D eigenvalue weighted by atomic mass is 79.9. The molecule has 0 aliphatic carbocycles. The quantitative estimate of drug-likeness (QED) is 0.167.